The number of hydrogen-bond acceptors (Lipinski definition) is 4. The number of ether oxygens (including phenoxy) is 1. The molecule has 1 aromatic rings. The van der Waals surface area contributed by atoms with Crippen molar-refractivity contribution in [1.82, 2.24) is 10.3 Å². The lowest BCUT2D eigenvalue weighted by molar-refractivity contribution is 0.0582. The first-order valence-corrected chi connectivity index (χ1v) is 7.73. The van der Waals surface area contributed by atoms with Crippen LogP contribution >= 0.6 is 0 Å². The number of nitrogen functional groups attached to an aromatic ring is 1. The summed E-state index contributed by atoms with van der Waals surface area (Å²) < 4.78 is 5.72. The Balaban J connectivity index is 1.82. The van der Waals surface area contributed by atoms with Gasteiger partial charge in [0.25, 0.3) is 5.91 Å². The second-order valence-corrected chi connectivity index (χ2v) is 5.89. The van der Waals surface area contributed by atoms with Crippen LogP contribution in [0.3, 0.4) is 0 Å². The highest BCUT2D eigenvalue weighted by Gasteiger charge is 2.15. The van der Waals surface area contributed by atoms with E-state index in [2.05, 4.69) is 10.3 Å². The van der Waals surface area contributed by atoms with Crippen LogP contribution < -0.4 is 11.1 Å². The molecule has 5 nitrogen and oxygen atoms in total. The largest absolute Gasteiger partial charge is 0.384 e. The Bertz CT molecular complexity index is 482. The van der Waals surface area contributed by atoms with Crippen molar-refractivity contribution in [2.75, 3.05) is 18.9 Å². The zero-order valence-corrected chi connectivity index (χ0v) is 12.9. The summed E-state index contributed by atoms with van der Waals surface area (Å²) in [5.41, 5.74) is 7.15. The first-order chi connectivity index (χ1) is 10.1. The van der Waals surface area contributed by atoms with Gasteiger partial charge in [0.1, 0.15) is 5.82 Å². The Labute approximate surface area is 126 Å². The third kappa shape index (κ3) is 4.70. The Hall–Kier alpha value is -1.62. The van der Waals surface area contributed by atoms with Crippen LogP contribution in [0.1, 0.15) is 61.5 Å². The van der Waals surface area contributed by atoms with Gasteiger partial charge in [0.05, 0.1) is 12.7 Å². The number of nitrogens with one attached hydrogen (secondary N) is 1. The van der Waals surface area contributed by atoms with Gasteiger partial charge in [-0.25, -0.2) is 4.98 Å². The highest BCUT2D eigenvalue weighted by molar-refractivity contribution is 5.94. The van der Waals surface area contributed by atoms with E-state index >= 15 is 0 Å². The number of hydrogen-bond donors (Lipinski definition) is 2. The number of nitrogens with two attached hydrogens (primary N) is 1. The minimum atomic E-state index is -0.124. The van der Waals surface area contributed by atoms with E-state index < -0.39 is 0 Å². The van der Waals surface area contributed by atoms with Crippen LogP contribution in [-0.2, 0) is 4.74 Å². The SMILES string of the molecule is CC(C)c1cc(C(=O)NCCOC2CCCC2)cc(N)n1. The van der Waals surface area contributed by atoms with Gasteiger partial charge in [-0.3, -0.25) is 4.79 Å². The van der Waals surface area contributed by atoms with E-state index in [0.717, 1.165) is 18.5 Å². The third-order valence-electron chi connectivity index (χ3n) is 3.76. The first-order valence-electron chi connectivity index (χ1n) is 7.73. The van der Waals surface area contributed by atoms with Crippen LogP contribution in [0.15, 0.2) is 12.1 Å². The van der Waals surface area contributed by atoms with Gasteiger partial charge in [0.2, 0.25) is 0 Å². The summed E-state index contributed by atoms with van der Waals surface area (Å²) in [5, 5.41) is 2.87. The van der Waals surface area contributed by atoms with Crippen molar-refractivity contribution in [3.05, 3.63) is 23.4 Å². The Morgan fingerprint density at radius 3 is 2.81 bits per heavy atom. The number of amides is 1. The number of carbonyl (C=O) groups excluding carboxylic acids is 1. The molecule has 3 N–H and O–H groups in total. The molecule has 0 bridgehead atoms. The molecule has 1 saturated carbocycles. The number of carbonyl (C=O) groups is 1. The van der Waals surface area contributed by atoms with Crippen LogP contribution in [0.2, 0.25) is 0 Å². The van der Waals surface area contributed by atoms with Gasteiger partial charge >= 0.3 is 0 Å². The van der Waals surface area contributed by atoms with Crippen molar-refractivity contribution >= 4 is 11.7 Å². The van der Waals surface area contributed by atoms with Gasteiger partial charge in [-0.05, 0) is 30.9 Å². The van der Waals surface area contributed by atoms with E-state index in [0.29, 0.717) is 30.6 Å². The van der Waals surface area contributed by atoms with Crippen molar-refractivity contribution in [3.63, 3.8) is 0 Å². The smallest absolute Gasteiger partial charge is 0.251 e. The van der Waals surface area contributed by atoms with Gasteiger partial charge in [-0.1, -0.05) is 26.7 Å². The van der Waals surface area contributed by atoms with Gasteiger partial charge in [0.15, 0.2) is 0 Å². The molecule has 0 radical (unpaired) electrons. The summed E-state index contributed by atoms with van der Waals surface area (Å²) in [7, 11) is 0. The molecule has 0 aromatic carbocycles. The zero-order chi connectivity index (χ0) is 15.2. The Morgan fingerprint density at radius 1 is 1.43 bits per heavy atom. The molecule has 1 aromatic heterocycles. The molecule has 21 heavy (non-hydrogen) atoms. The quantitative estimate of drug-likeness (QED) is 0.789. The summed E-state index contributed by atoms with van der Waals surface area (Å²) in [4.78, 5) is 16.4. The fourth-order valence-corrected chi connectivity index (χ4v) is 2.55. The van der Waals surface area contributed by atoms with Gasteiger partial charge in [0, 0.05) is 17.8 Å². The molecule has 0 unspecified atom stereocenters. The maximum absolute atomic E-state index is 12.1. The maximum Gasteiger partial charge on any atom is 0.251 e. The lowest BCUT2D eigenvalue weighted by Gasteiger charge is -2.12. The highest BCUT2D eigenvalue weighted by atomic mass is 16.5. The van der Waals surface area contributed by atoms with E-state index in [1.807, 2.05) is 13.8 Å². The topological polar surface area (TPSA) is 77.2 Å². The van der Waals surface area contributed by atoms with Crippen molar-refractivity contribution < 1.29 is 9.53 Å². The first kappa shape index (κ1) is 15.8. The second-order valence-electron chi connectivity index (χ2n) is 5.89. The van der Waals surface area contributed by atoms with E-state index in [1.165, 1.54) is 12.8 Å². The molecule has 0 aliphatic heterocycles. The normalized spacial score (nSPS) is 15.6. The monoisotopic (exact) mass is 291 g/mol. The molecule has 0 atom stereocenters. The van der Waals surface area contributed by atoms with Crippen LogP contribution in [-0.4, -0.2) is 30.1 Å². The molecule has 1 amide bonds. The summed E-state index contributed by atoms with van der Waals surface area (Å²) in [6.45, 7) is 5.14. The highest BCUT2D eigenvalue weighted by Crippen LogP contribution is 2.20. The minimum absolute atomic E-state index is 0.124. The van der Waals surface area contributed by atoms with E-state index in [9.17, 15) is 4.79 Å². The zero-order valence-electron chi connectivity index (χ0n) is 12.9. The molecule has 0 spiro atoms. The number of nitrogens with zero attached hydrogens (tertiary/aromatic N) is 1. The van der Waals surface area contributed by atoms with Crippen molar-refractivity contribution in [2.24, 2.45) is 0 Å². The standard InChI is InChI=1S/C16H25N3O2/c1-11(2)14-9-12(10-15(17)19-14)16(20)18-7-8-21-13-5-3-4-6-13/h9-11,13H,3-8H2,1-2H3,(H2,17,19)(H,18,20). The van der Waals surface area contributed by atoms with Crippen LogP contribution in [0, 0.1) is 0 Å². The number of anilines is 1. The van der Waals surface area contributed by atoms with Crippen molar-refractivity contribution in [1.29, 1.82) is 0 Å². The number of pyridine rings is 1. The molecular weight excluding hydrogens is 266 g/mol. The van der Waals surface area contributed by atoms with Gasteiger partial charge in [-0.15, -0.1) is 0 Å². The Morgan fingerprint density at radius 2 is 2.14 bits per heavy atom. The van der Waals surface area contributed by atoms with Gasteiger partial charge in [-0.2, -0.15) is 0 Å². The minimum Gasteiger partial charge on any atom is -0.384 e. The average molecular weight is 291 g/mol. The van der Waals surface area contributed by atoms with Crippen LogP contribution in [0.25, 0.3) is 0 Å². The summed E-state index contributed by atoms with van der Waals surface area (Å²) in [6, 6.07) is 3.41. The second kappa shape index (κ2) is 7.41. The van der Waals surface area contributed by atoms with Crippen molar-refractivity contribution in [3.8, 4) is 0 Å². The molecular formula is C16H25N3O2. The lowest BCUT2D eigenvalue weighted by atomic mass is 10.1. The van der Waals surface area contributed by atoms with E-state index in [4.69, 9.17) is 10.5 Å². The third-order valence-corrected chi connectivity index (χ3v) is 3.76. The van der Waals surface area contributed by atoms with Crippen molar-refractivity contribution in [2.45, 2.75) is 51.6 Å². The fraction of sp³-hybridized carbons (Fsp3) is 0.625. The molecule has 1 fully saturated rings. The molecule has 1 aliphatic rings. The molecule has 1 aliphatic carbocycles. The molecule has 0 saturated heterocycles. The predicted octanol–water partition coefficient (Wildman–Crippen LogP) is 2.48. The maximum atomic E-state index is 12.1. The molecule has 116 valence electrons. The summed E-state index contributed by atoms with van der Waals surface area (Å²) in [5.74, 6) is 0.500. The molecule has 5 heteroatoms. The average Bonchev–Trinajstić information content (AvgIpc) is 2.95. The fourth-order valence-electron chi connectivity index (χ4n) is 2.55. The number of aromatic nitrogens is 1. The van der Waals surface area contributed by atoms with Crippen LogP contribution in [0.4, 0.5) is 5.82 Å². The summed E-state index contributed by atoms with van der Waals surface area (Å²) >= 11 is 0. The van der Waals surface area contributed by atoms with E-state index in [-0.39, 0.29) is 11.8 Å². The van der Waals surface area contributed by atoms with Gasteiger partial charge < -0.3 is 15.8 Å². The molecule has 2 rings (SSSR count). The predicted molar refractivity (Wildman–Crippen MR) is 83.3 cm³/mol. The summed E-state index contributed by atoms with van der Waals surface area (Å²) in [6.07, 6.45) is 5.18. The van der Waals surface area contributed by atoms with Crippen LogP contribution in [0.5, 0.6) is 0 Å². The lowest BCUT2D eigenvalue weighted by Crippen LogP contribution is -2.28. The number of rotatable bonds is 6. The van der Waals surface area contributed by atoms with E-state index in [1.54, 1.807) is 12.1 Å². The Kier molecular flexibility index (Phi) is 5.56. The molecule has 1 heterocycles.